The molecule has 3 nitrogen and oxygen atoms in total. The van der Waals surface area contributed by atoms with Gasteiger partial charge in [0.25, 0.3) is 0 Å². The molecule has 2 N–H and O–H groups in total. The number of carbonyl (C=O) groups excluding carboxylic acids is 1. The van der Waals surface area contributed by atoms with Gasteiger partial charge in [0.1, 0.15) is 0 Å². The van der Waals surface area contributed by atoms with Crippen LogP contribution >= 0.6 is 11.6 Å². The zero-order valence-corrected chi connectivity index (χ0v) is 10.3. The molecule has 0 radical (unpaired) electrons. The quantitative estimate of drug-likeness (QED) is 0.829. The van der Waals surface area contributed by atoms with Crippen molar-refractivity contribution in [3.8, 4) is 0 Å². The number of amides is 2. The van der Waals surface area contributed by atoms with Gasteiger partial charge >= 0.3 is 6.03 Å². The Hall–Kier alpha value is -1.22. The molecule has 0 saturated heterocycles. The van der Waals surface area contributed by atoms with Crippen molar-refractivity contribution in [3.63, 3.8) is 0 Å². The predicted molar refractivity (Wildman–Crippen MR) is 68.0 cm³/mol. The van der Waals surface area contributed by atoms with Gasteiger partial charge in [0.15, 0.2) is 0 Å². The van der Waals surface area contributed by atoms with Gasteiger partial charge < -0.3 is 10.6 Å². The first-order valence-corrected chi connectivity index (χ1v) is 5.86. The van der Waals surface area contributed by atoms with Crippen molar-refractivity contribution in [2.45, 2.75) is 32.7 Å². The third kappa shape index (κ3) is 4.11. The minimum absolute atomic E-state index is 0.170. The number of rotatable bonds is 4. The van der Waals surface area contributed by atoms with Crippen LogP contribution in [-0.4, -0.2) is 12.1 Å². The first-order valence-electron chi connectivity index (χ1n) is 5.48. The minimum Gasteiger partial charge on any atom is -0.335 e. The van der Waals surface area contributed by atoms with E-state index in [4.69, 9.17) is 11.6 Å². The van der Waals surface area contributed by atoms with E-state index in [1.165, 1.54) is 0 Å². The summed E-state index contributed by atoms with van der Waals surface area (Å²) in [6.07, 6.45) is 1.87. The van der Waals surface area contributed by atoms with E-state index in [0.29, 0.717) is 5.02 Å². The van der Waals surface area contributed by atoms with E-state index < -0.39 is 0 Å². The summed E-state index contributed by atoms with van der Waals surface area (Å²) in [5.74, 6) is 0. The van der Waals surface area contributed by atoms with Gasteiger partial charge in [0.2, 0.25) is 0 Å². The highest BCUT2D eigenvalue weighted by Gasteiger charge is 2.07. The van der Waals surface area contributed by atoms with Gasteiger partial charge in [-0.05, 0) is 37.1 Å². The molecule has 0 aliphatic carbocycles. The molecule has 1 aromatic rings. The first kappa shape index (κ1) is 12.8. The molecule has 0 aliphatic heterocycles. The second kappa shape index (κ2) is 6.38. The summed E-state index contributed by atoms with van der Waals surface area (Å²) in [5, 5.41) is 6.31. The smallest absolute Gasteiger partial charge is 0.319 e. The maximum atomic E-state index is 11.6. The zero-order valence-electron chi connectivity index (χ0n) is 9.59. The number of hydrogen-bond donors (Lipinski definition) is 2. The highest BCUT2D eigenvalue weighted by Crippen LogP contribution is 2.13. The number of halogens is 1. The summed E-state index contributed by atoms with van der Waals surface area (Å²) in [7, 11) is 0. The number of nitrogens with one attached hydrogen (secondary N) is 2. The molecule has 1 rings (SSSR count). The lowest BCUT2D eigenvalue weighted by atomic mass is 10.2. The number of urea groups is 1. The van der Waals surface area contributed by atoms with Gasteiger partial charge in [0.05, 0.1) is 0 Å². The molecular formula is C12H17ClN2O. The van der Waals surface area contributed by atoms with Crippen molar-refractivity contribution in [2.24, 2.45) is 0 Å². The maximum Gasteiger partial charge on any atom is 0.319 e. The number of anilines is 1. The first-order chi connectivity index (χ1) is 7.65. The van der Waals surface area contributed by atoms with Crippen LogP contribution < -0.4 is 10.6 Å². The molecule has 0 aliphatic rings. The summed E-state index contributed by atoms with van der Waals surface area (Å²) >= 11 is 5.75. The fourth-order valence-electron chi connectivity index (χ4n) is 1.38. The second-order valence-corrected chi connectivity index (χ2v) is 4.06. The van der Waals surface area contributed by atoms with Crippen molar-refractivity contribution in [3.05, 3.63) is 29.3 Å². The van der Waals surface area contributed by atoms with E-state index in [0.717, 1.165) is 18.5 Å². The normalized spacial score (nSPS) is 10.2. The van der Waals surface area contributed by atoms with Crippen LogP contribution in [0.15, 0.2) is 24.3 Å². The van der Waals surface area contributed by atoms with E-state index in [1.54, 1.807) is 24.3 Å². The number of hydrogen-bond acceptors (Lipinski definition) is 1. The monoisotopic (exact) mass is 240 g/mol. The molecule has 0 saturated carbocycles. The molecule has 1 aromatic carbocycles. The Kier molecular flexibility index (Phi) is 5.12. The standard InChI is InChI=1S/C12H17ClN2O/c1-3-10(4-2)14-12(16)15-11-7-5-9(13)6-8-11/h5-8,10H,3-4H2,1-2H3,(H2,14,15,16). The van der Waals surface area contributed by atoms with Crippen LogP contribution in [0.5, 0.6) is 0 Å². The molecule has 0 spiro atoms. The van der Waals surface area contributed by atoms with Crippen molar-refractivity contribution >= 4 is 23.3 Å². The van der Waals surface area contributed by atoms with Gasteiger partial charge in [0, 0.05) is 16.8 Å². The Morgan fingerprint density at radius 1 is 1.25 bits per heavy atom. The van der Waals surface area contributed by atoms with Crippen molar-refractivity contribution in [1.29, 1.82) is 0 Å². The van der Waals surface area contributed by atoms with Crippen molar-refractivity contribution < 1.29 is 4.79 Å². The molecule has 2 amide bonds. The highest BCUT2D eigenvalue weighted by atomic mass is 35.5. The Labute approximate surface area is 101 Å². The van der Waals surface area contributed by atoms with Crippen molar-refractivity contribution in [2.75, 3.05) is 5.32 Å². The summed E-state index contributed by atoms with van der Waals surface area (Å²) in [4.78, 5) is 11.6. The van der Waals surface area contributed by atoms with Gasteiger partial charge in [-0.1, -0.05) is 25.4 Å². The van der Waals surface area contributed by atoms with Crippen LogP contribution in [0.3, 0.4) is 0 Å². The Morgan fingerprint density at radius 3 is 2.31 bits per heavy atom. The largest absolute Gasteiger partial charge is 0.335 e. The topological polar surface area (TPSA) is 41.1 Å². The van der Waals surface area contributed by atoms with Crippen LogP contribution in [0, 0.1) is 0 Å². The van der Waals surface area contributed by atoms with Crippen molar-refractivity contribution in [1.82, 2.24) is 5.32 Å². The molecular weight excluding hydrogens is 224 g/mol. The Balaban J connectivity index is 2.48. The zero-order chi connectivity index (χ0) is 12.0. The van der Waals surface area contributed by atoms with E-state index >= 15 is 0 Å². The molecule has 0 fully saturated rings. The van der Waals surface area contributed by atoms with Gasteiger partial charge in [-0.15, -0.1) is 0 Å². The lowest BCUT2D eigenvalue weighted by Gasteiger charge is -2.15. The minimum atomic E-state index is -0.170. The van der Waals surface area contributed by atoms with E-state index in [2.05, 4.69) is 24.5 Å². The highest BCUT2D eigenvalue weighted by molar-refractivity contribution is 6.30. The molecule has 88 valence electrons. The third-order valence-corrected chi connectivity index (χ3v) is 2.67. The average molecular weight is 241 g/mol. The lowest BCUT2D eigenvalue weighted by molar-refractivity contribution is 0.247. The summed E-state index contributed by atoms with van der Waals surface area (Å²) in [5.41, 5.74) is 0.743. The fraction of sp³-hybridized carbons (Fsp3) is 0.417. The van der Waals surface area contributed by atoms with Gasteiger partial charge in [-0.3, -0.25) is 0 Å². The molecule has 16 heavy (non-hydrogen) atoms. The molecule has 0 atom stereocenters. The summed E-state index contributed by atoms with van der Waals surface area (Å²) < 4.78 is 0. The Bertz CT molecular complexity index is 333. The maximum absolute atomic E-state index is 11.6. The SMILES string of the molecule is CCC(CC)NC(=O)Nc1ccc(Cl)cc1. The van der Waals surface area contributed by atoms with E-state index in [9.17, 15) is 4.79 Å². The predicted octanol–water partition coefficient (Wildman–Crippen LogP) is 3.65. The second-order valence-electron chi connectivity index (χ2n) is 3.62. The van der Waals surface area contributed by atoms with E-state index in [-0.39, 0.29) is 12.1 Å². The number of benzene rings is 1. The fourth-order valence-corrected chi connectivity index (χ4v) is 1.50. The molecule has 4 heteroatoms. The average Bonchev–Trinajstić information content (AvgIpc) is 2.29. The van der Waals surface area contributed by atoms with Gasteiger partial charge in [-0.25, -0.2) is 4.79 Å². The summed E-state index contributed by atoms with van der Waals surface area (Å²) in [6.45, 7) is 4.10. The van der Waals surface area contributed by atoms with Crippen LogP contribution in [-0.2, 0) is 0 Å². The van der Waals surface area contributed by atoms with Crippen LogP contribution in [0.4, 0.5) is 10.5 Å². The molecule has 0 aromatic heterocycles. The van der Waals surface area contributed by atoms with Crippen LogP contribution in [0.1, 0.15) is 26.7 Å². The van der Waals surface area contributed by atoms with Gasteiger partial charge in [-0.2, -0.15) is 0 Å². The van der Waals surface area contributed by atoms with Crippen LogP contribution in [0.2, 0.25) is 5.02 Å². The van der Waals surface area contributed by atoms with Crippen LogP contribution in [0.25, 0.3) is 0 Å². The molecule has 0 bridgehead atoms. The third-order valence-electron chi connectivity index (χ3n) is 2.42. The Morgan fingerprint density at radius 2 is 1.81 bits per heavy atom. The molecule has 0 unspecified atom stereocenters. The molecule has 0 heterocycles. The number of carbonyl (C=O) groups is 1. The van der Waals surface area contributed by atoms with E-state index in [1.807, 2.05) is 0 Å². The summed E-state index contributed by atoms with van der Waals surface area (Å²) in [6, 6.07) is 7.09. The lowest BCUT2D eigenvalue weighted by Crippen LogP contribution is -2.37.